The molecule has 0 aliphatic heterocycles. The highest BCUT2D eigenvalue weighted by atomic mass is 16.3. The van der Waals surface area contributed by atoms with E-state index in [1.807, 2.05) is 6.92 Å². The summed E-state index contributed by atoms with van der Waals surface area (Å²) in [6.45, 7) is 2.41. The van der Waals surface area contributed by atoms with Gasteiger partial charge in [-0.05, 0) is 18.1 Å². The minimum Gasteiger partial charge on any atom is -0.397 e. The highest BCUT2D eigenvalue weighted by molar-refractivity contribution is 5.78. The van der Waals surface area contributed by atoms with Crippen molar-refractivity contribution in [1.82, 2.24) is 10.3 Å². The van der Waals surface area contributed by atoms with Gasteiger partial charge >= 0.3 is 0 Å². The number of anilines is 1. The average Bonchev–Trinajstić information content (AvgIpc) is 2.29. The van der Waals surface area contributed by atoms with Crippen molar-refractivity contribution in [2.24, 2.45) is 5.92 Å². The van der Waals surface area contributed by atoms with Gasteiger partial charge in [0.2, 0.25) is 5.91 Å². The molecule has 0 saturated carbocycles. The summed E-state index contributed by atoms with van der Waals surface area (Å²) in [5.74, 6) is -0.0269. The Morgan fingerprint density at radius 3 is 2.94 bits per heavy atom. The Kier molecular flexibility index (Phi) is 4.72. The van der Waals surface area contributed by atoms with Crippen molar-refractivity contribution in [3.63, 3.8) is 0 Å². The molecule has 1 aromatic heterocycles. The molecule has 1 amide bonds. The third-order valence-electron chi connectivity index (χ3n) is 2.15. The van der Waals surface area contributed by atoms with E-state index in [4.69, 9.17) is 10.8 Å². The lowest BCUT2D eigenvalue weighted by Gasteiger charge is -2.09. The first kappa shape index (κ1) is 12.4. The number of nitrogens with two attached hydrogens (primary N) is 1. The number of aliphatic hydroxyl groups excluding tert-OH is 1. The van der Waals surface area contributed by atoms with E-state index in [0.717, 1.165) is 0 Å². The van der Waals surface area contributed by atoms with Crippen LogP contribution in [0.2, 0.25) is 0 Å². The predicted molar refractivity (Wildman–Crippen MR) is 61.6 cm³/mol. The first-order valence-corrected chi connectivity index (χ1v) is 5.19. The number of carbonyl (C=O) groups is 1. The van der Waals surface area contributed by atoms with Crippen LogP contribution in [-0.4, -0.2) is 29.1 Å². The zero-order chi connectivity index (χ0) is 12.0. The van der Waals surface area contributed by atoms with E-state index in [0.29, 0.717) is 17.9 Å². The first-order chi connectivity index (χ1) is 7.61. The Labute approximate surface area is 94.7 Å². The van der Waals surface area contributed by atoms with Crippen LogP contribution in [0.4, 0.5) is 5.69 Å². The van der Waals surface area contributed by atoms with E-state index in [1.165, 1.54) is 6.20 Å². The van der Waals surface area contributed by atoms with Gasteiger partial charge in [0, 0.05) is 18.8 Å². The fraction of sp³-hybridized carbons (Fsp3) is 0.455. The SMILES string of the molecule is CC(CO)CNC(=O)Cc1ccc(N)cn1. The van der Waals surface area contributed by atoms with Gasteiger partial charge in [0.05, 0.1) is 18.3 Å². The molecule has 0 saturated heterocycles. The number of aliphatic hydroxyl groups is 1. The molecule has 0 aliphatic carbocycles. The van der Waals surface area contributed by atoms with E-state index in [1.54, 1.807) is 12.1 Å². The molecule has 5 nitrogen and oxygen atoms in total. The minimum atomic E-state index is -0.0995. The van der Waals surface area contributed by atoms with Gasteiger partial charge in [-0.1, -0.05) is 6.92 Å². The number of nitrogen functional groups attached to an aromatic ring is 1. The molecule has 1 unspecified atom stereocenters. The number of carbonyl (C=O) groups excluding carboxylic acids is 1. The summed E-state index contributed by atoms with van der Waals surface area (Å²) in [6.07, 6.45) is 1.76. The van der Waals surface area contributed by atoms with Gasteiger partial charge < -0.3 is 16.2 Å². The van der Waals surface area contributed by atoms with Gasteiger partial charge in [0.25, 0.3) is 0 Å². The Morgan fingerprint density at radius 2 is 2.38 bits per heavy atom. The Hall–Kier alpha value is -1.62. The fourth-order valence-corrected chi connectivity index (χ4v) is 1.12. The zero-order valence-electron chi connectivity index (χ0n) is 9.31. The van der Waals surface area contributed by atoms with E-state index in [-0.39, 0.29) is 24.9 Å². The highest BCUT2D eigenvalue weighted by Crippen LogP contribution is 2.01. The van der Waals surface area contributed by atoms with Crippen molar-refractivity contribution in [2.45, 2.75) is 13.3 Å². The third kappa shape index (κ3) is 4.27. The normalized spacial score (nSPS) is 12.1. The van der Waals surface area contributed by atoms with E-state index >= 15 is 0 Å². The largest absolute Gasteiger partial charge is 0.397 e. The number of nitrogens with one attached hydrogen (secondary N) is 1. The van der Waals surface area contributed by atoms with Crippen LogP contribution in [0.15, 0.2) is 18.3 Å². The lowest BCUT2D eigenvalue weighted by molar-refractivity contribution is -0.120. The van der Waals surface area contributed by atoms with Crippen molar-refractivity contribution in [3.05, 3.63) is 24.0 Å². The Bertz CT molecular complexity index is 338. The monoisotopic (exact) mass is 223 g/mol. The maximum atomic E-state index is 11.5. The molecular formula is C11H17N3O2. The number of aromatic nitrogens is 1. The topological polar surface area (TPSA) is 88.2 Å². The number of nitrogens with zero attached hydrogens (tertiary/aromatic N) is 1. The Balaban J connectivity index is 2.37. The summed E-state index contributed by atoms with van der Waals surface area (Å²) in [7, 11) is 0. The van der Waals surface area contributed by atoms with Crippen molar-refractivity contribution in [2.75, 3.05) is 18.9 Å². The van der Waals surface area contributed by atoms with Gasteiger partial charge in [-0.2, -0.15) is 0 Å². The third-order valence-corrected chi connectivity index (χ3v) is 2.15. The summed E-state index contributed by atoms with van der Waals surface area (Å²) >= 11 is 0. The number of hydrogen-bond donors (Lipinski definition) is 3. The average molecular weight is 223 g/mol. The zero-order valence-corrected chi connectivity index (χ0v) is 9.31. The van der Waals surface area contributed by atoms with Gasteiger partial charge in [0.15, 0.2) is 0 Å². The lowest BCUT2D eigenvalue weighted by atomic mass is 10.2. The molecule has 4 N–H and O–H groups in total. The molecule has 1 aromatic rings. The van der Waals surface area contributed by atoms with Gasteiger partial charge in [-0.25, -0.2) is 0 Å². The summed E-state index contributed by atoms with van der Waals surface area (Å²) in [6, 6.07) is 3.44. The summed E-state index contributed by atoms with van der Waals surface area (Å²) < 4.78 is 0. The van der Waals surface area contributed by atoms with Crippen molar-refractivity contribution >= 4 is 11.6 Å². The second-order valence-electron chi connectivity index (χ2n) is 3.85. The van der Waals surface area contributed by atoms with Crippen molar-refractivity contribution in [3.8, 4) is 0 Å². The molecule has 88 valence electrons. The standard InChI is InChI=1S/C11H17N3O2/c1-8(7-15)5-14-11(16)4-10-3-2-9(12)6-13-10/h2-3,6,8,15H,4-5,7,12H2,1H3,(H,14,16). The molecule has 0 bridgehead atoms. The fourth-order valence-electron chi connectivity index (χ4n) is 1.12. The maximum Gasteiger partial charge on any atom is 0.226 e. The quantitative estimate of drug-likeness (QED) is 0.653. The minimum absolute atomic E-state index is 0.0698. The van der Waals surface area contributed by atoms with E-state index in [9.17, 15) is 4.79 Å². The summed E-state index contributed by atoms with van der Waals surface area (Å²) in [5, 5.41) is 11.5. The number of hydrogen-bond acceptors (Lipinski definition) is 4. The summed E-state index contributed by atoms with van der Waals surface area (Å²) in [4.78, 5) is 15.5. The predicted octanol–water partition coefficient (Wildman–Crippen LogP) is -0.0491. The second-order valence-corrected chi connectivity index (χ2v) is 3.85. The number of pyridine rings is 1. The van der Waals surface area contributed by atoms with Gasteiger partial charge in [-0.15, -0.1) is 0 Å². The van der Waals surface area contributed by atoms with Crippen molar-refractivity contribution < 1.29 is 9.90 Å². The van der Waals surface area contributed by atoms with Gasteiger partial charge in [0.1, 0.15) is 0 Å². The Morgan fingerprint density at radius 1 is 1.62 bits per heavy atom. The molecule has 5 heteroatoms. The van der Waals surface area contributed by atoms with Crippen LogP contribution in [0, 0.1) is 5.92 Å². The highest BCUT2D eigenvalue weighted by Gasteiger charge is 2.06. The summed E-state index contributed by atoms with van der Waals surface area (Å²) in [5.41, 5.74) is 6.75. The first-order valence-electron chi connectivity index (χ1n) is 5.19. The molecule has 0 spiro atoms. The molecule has 1 rings (SSSR count). The molecule has 0 aromatic carbocycles. The number of amides is 1. The smallest absolute Gasteiger partial charge is 0.226 e. The van der Waals surface area contributed by atoms with Crippen LogP contribution in [-0.2, 0) is 11.2 Å². The van der Waals surface area contributed by atoms with Crippen LogP contribution in [0.25, 0.3) is 0 Å². The molecule has 0 fully saturated rings. The van der Waals surface area contributed by atoms with Crippen LogP contribution in [0.3, 0.4) is 0 Å². The van der Waals surface area contributed by atoms with Crippen LogP contribution in [0.5, 0.6) is 0 Å². The van der Waals surface area contributed by atoms with Crippen LogP contribution >= 0.6 is 0 Å². The molecule has 0 radical (unpaired) electrons. The molecule has 1 atom stereocenters. The van der Waals surface area contributed by atoms with Crippen LogP contribution in [0.1, 0.15) is 12.6 Å². The van der Waals surface area contributed by atoms with E-state index < -0.39 is 0 Å². The van der Waals surface area contributed by atoms with Gasteiger partial charge in [-0.3, -0.25) is 9.78 Å². The van der Waals surface area contributed by atoms with Crippen molar-refractivity contribution in [1.29, 1.82) is 0 Å². The number of rotatable bonds is 5. The molecule has 1 heterocycles. The van der Waals surface area contributed by atoms with Crippen LogP contribution < -0.4 is 11.1 Å². The molecular weight excluding hydrogens is 206 g/mol. The second kappa shape index (κ2) is 6.07. The maximum absolute atomic E-state index is 11.5. The molecule has 0 aliphatic rings. The van der Waals surface area contributed by atoms with E-state index in [2.05, 4.69) is 10.3 Å². The lowest BCUT2D eigenvalue weighted by Crippen LogP contribution is -2.30. The molecule has 16 heavy (non-hydrogen) atoms.